The number of ether oxygens (including phenoxy) is 2. The van der Waals surface area contributed by atoms with Gasteiger partial charge in [-0.1, -0.05) is 6.07 Å². The Hall–Kier alpha value is -1.40. The van der Waals surface area contributed by atoms with Crippen LogP contribution in [0.15, 0.2) is 18.2 Å². The average Bonchev–Trinajstić information content (AvgIpc) is 3.05. The van der Waals surface area contributed by atoms with E-state index in [-0.39, 0.29) is 18.1 Å². The van der Waals surface area contributed by atoms with Crippen LogP contribution in [0, 0.1) is 0 Å². The molecule has 0 saturated carbocycles. The number of benzene rings is 1. The number of hydrogen-bond acceptors (Lipinski definition) is 4. The minimum atomic E-state index is 0.101. The summed E-state index contributed by atoms with van der Waals surface area (Å²) in [5.41, 5.74) is 1.12. The van der Waals surface area contributed by atoms with Crippen molar-refractivity contribution in [3.05, 3.63) is 23.8 Å². The van der Waals surface area contributed by atoms with E-state index in [4.69, 9.17) is 9.47 Å². The van der Waals surface area contributed by atoms with Gasteiger partial charge in [-0.15, -0.1) is 11.8 Å². The van der Waals surface area contributed by atoms with Gasteiger partial charge in [-0.25, -0.2) is 0 Å². The highest BCUT2D eigenvalue weighted by Gasteiger charge is 2.33. The molecule has 1 fully saturated rings. The van der Waals surface area contributed by atoms with Gasteiger partial charge in [0, 0.05) is 13.0 Å². The fraction of sp³-hybridized carbons (Fsp3) is 0.533. The Labute approximate surface area is 129 Å². The number of nitrogens with one attached hydrogen (secondary N) is 1. The van der Waals surface area contributed by atoms with Crippen molar-refractivity contribution in [2.45, 2.75) is 11.8 Å². The summed E-state index contributed by atoms with van der Waals surface area (Å²) in [6.45, 7) is 2.17. The van der Waals surface area contributed by atoms with Gasteiger partial charge in [0.15, 0.2) is 11.5 Å². The van der Waals surface area contributed by atoms with Gasteiger partial charge in [0.05, 0.1) is 26.4 Å². The molecule has 1 amide bonds. The maximum atomic E-state index is 12.1. The van der Waals surface area contributed by atoms with Crippen molar-refractivity contribution >= 4 is 17.7 Å². The lowest BCUT2D eigenvalue weighted by molar-refractivity contribution is -0.858. The van der Waals surface area contributed by atoms with Crippen molar-refractivity contribution in [2.75, 3.05) is 39.7 Å². The molecule has 1 aromatic carbocycles. The number of quaternary nitrogens is 1. The summed E-state index contributed by atoms with van der Waals surface area (Å²) in [4.78, 5) is 15.5. The number of rotatable bonds is 5. The van der Waals surface area contributed by atoms with Gasteiger partial charge in [0.1, 0.15) is 5.37 Å². The van der Waals surface area contributed by atoms with Crippen LogP contribution in [0.1, 0.15) is 17.4 Å². The highest BCUT2D eigenvalue weighted by Crippen LogP contribution is 2.42. The van der Waals surface area contributed by atoms with E-state index in [1.165, 1.54) is 4.90 Å². The fourth-order valence-electron chi connectivity index (χ4n) is 2.64. The van der Waals surface area contributed by atoms with Crippen molar-refractivity contribution in [3.63, 3.8) is 0 Å². The molecule has 1 N–H and O–H groups in total. The Morgan fingerprint density at radius 3 is 2.95 bits per heavy atom. The topological polar surface area (TPSA) is 43.2 Å². The molecule has 0 bridgehead atoms. The Morgan fingerprint density at radius 2 is 2.14 bits per heavy atom. The van der Waals surface area contributed by atoms with Gasteiger partial charge >= 0.3 is 0 Å². The molecule has 1 aromatic rings. The van der Waals surface area contributed by atoms with E-state index in [9.17, 15) is 4.79 Å². The van der Waals surface area contributed by atoms with E-state index in [1.807, 2.05) is 23.1 Å². The zero-order chi connectivity index (χ0) is 14.8. The fourth-order valence-corrected chi connectivity index (χ4v) is 3.85. The largest absolute Gasteiger partial charge is 0.454 e. The van der Waals surface area contributed by atoms with Crippen molar-refractivity contribution in [1.29, 1.82) is 0 Å². The molecule has 21 heavy (non-hydrogen) atoms. The van der Waals surface area contributed by atoms with Gasteiger partial charge in [0.25, 0.3) is 0 Å². The summed E-state index contributed by atoms with van der Waals surface area (Å²) in [6.07, 6.45) is 1.02. The van der Waals surface area contributed by atoms with Gasteiger partial charge in [-0.3, -0.25) is 4.79 Å². The number of carbonyl (C=O) groups is 1. The molecule has 6 heteroatoms. The van der Waals surface area contributed by atoms with E-state index in [1.54, 1.807) is 11.8 Å². The highest BCUT2D eigenvalue weighted by atomic mass is 32.2. The SMILES string of the molecule is C[NH+](C)CCCN1C(=O)CS[C@@H]1c1ccc2c(c1)OCO2. The molecule has 5 nitrogen and oxygen atoms in total. The molecule has 0 unspecified atom stereocenters. The third kappa shape index (κ3) is 3.11. The maximum Gasteiger partial charge on any atom is 0.233 e. The molecular formula is C15H21N2O3S+. The van der Waals surface area contributed by atoms with Gasteiger partial charge in [-0.05, 0) is 17.7 Å². The van der Waals surface area contributed by atoms with Gasteiger partial charge in [-0.2, -0.15) is 0 Å². The summed E-state index contributed by atoms with van der Waals surface area (Å²) >= 11 is 1.69. The third-order valence-corrected chi connectivity index (χ3v) is 4.98. The summed E-state index contributed by atoms with van der Waals surface area (Å²) in [5, 5.41) is 0.101. The summed E-state index contributed by atoms with van der Waals surface area (Å²) in [6, 6.07) is 5.97. The lowest BCUT2D eigenvalue weighted by atomic mass is 10.1. The monoisotopic (exact) mass is 309 g/mol. The number of carbonyl (C=O) groups excluding carboxylic acids is 1. The molecule has 0 aromatic heterocycles. The van der Waals surface area contributed by atoms with Crippen LogP contribution < -0.4 is 14.4 Å². The first kappa shape index (κ1) is 14.5. The van der Waals surface area contributed by atoms with Gasteiger partial charge < -0.3 is 19.3 Å². The number of hydrogen-bond donors (Lipinski definition) is 1. The molecule has 0 spiro atoms. The molecule has 114 valence electrons. The van der Waals surface area contributed by atoms with Crippen LogP contribution in [0.5, 0.6) is 11.5 Å². The molecular weight excluding hydrogens is 288 g/mol. The molecule has 0 radical (unpaired) electrons. The van der Waals surface area contributed by atoms with Crippen molar-refractivity contribution in [2.24, 2.45) is 0 Å². The van der Waals surface area contributed by atoms with E-state index in [0.29, 0.717) is 5.75 Å². The minimum absolute atomic E-state index is 0.101. The normalized spacial score (nSPS) is 20.6. The molecule has 1 saturated heterocycles. The smallest absolute Gasteiger partial charge is 0.233 e. The maximum absolute atomic E-state index is 12.1. The first-order valence-corrected chi connectivity index (χ1v) is 8.29. The van der Waals surface area contributed by atoms with E-state index in [0.717, 1.165) is 36.6 Å². The predicted octanol–water partition coefficient (Wildman–Crippen LogP) is 0.524. The van der Waals surface area contributed by atoms with E-state index >= 15 is 0 Å². The summed E-state index contributed by atoms with van der Waals surface area (Å²) in [5.74, 6) is 2.37. The second-order valence-corrected chi connectivity index (χ2v) is 6.74. The first-order valence-electron chi connectivity index (χ1n) is 7.25. The van der Waals surface area contributed by atoms with Crippen LogP contribution in [0.4, 0.5) is 0 Å². The minimum Gasteiger partial charge on any atom is -0.454 e. The second kappa shape index (κ2) is 6.15. The van der Waals surface area contributed by atoms with Crippen LogP contribution in [-0.4, -0.2) is 50.5 Å². The number of amides is 1. The zero-order valence-corrected chi connectivity index (χ0v) is 13.2. The molecule has 2 aliphatic rings. The quantitative estimate of drug-likeness (QED) is 0.861. The first-order chi connectivity index (χ1) is 10.1. The van der Waals surface area contributed by atoms with Crippen LogP contribution in [0.2, 0.25) is 0 Å². The predicted molar refractivity (Wildman–Crippen MR) is 81.8 cm³/mol. The number of nitrogens with zero attached hydrogens (tertiary/aromatic N) is 1. The lowest BCUT2D eigenvalue weighted by Crippen LogP contribution is -3.05. The number of fused-ring (bicyclic) bond motifs is 1. The van der Waals surface area contributed by atoms with Crippen LogP contribution in [0.25, 0.3) is 0 Å². The molecule has 2 heterocycles. The molecule has 1 atom stereocenters. The second-order valence-electron chi connectivity index (χ2n) is 5.67. The van der Waals surface area contributed by atoms with Crippen molar-refractivity contribution < 1.29 is 19.2 Å². The Morgan fingerprint density at radius 1 is 1.33 bits per heavy atom. The summed E-state index contributed by atoms with van der Waals surface area (Å²) < 4.78 is 10.8. The standard InChI is InChI=1S/C15H20N2O3S/c1-16(2)6-3-7-17-14(18)9-21-15(17)11-4-5-12-13(8-11)20-10-19-12/h4-5,8,15H,3,6-7,9-10H2,1-2H3/p+1/t15-/m1/s1. The zero-order valence-electron chi connectivity index (χ0n) is 12.4. The lowest BCUT2D eigenvalue weighted by Gasteiger charge is -2.24. The van der Waals surface area contributed by atoms with Gasteiger partial charge in [0.2, 0.25) is 12.7 Å². The Balaban J connectivity index is 1.72. The van der Waals surface area contributed by atoms with Crippen molar-refractivity contribution in [3.8, 4) is 11.5 Å². The molecule has 0 aliphatic carbocycles. The van der Waals surface area contributed by atoms with Crippen LogP contribution >= 0.6 is 11.8 Å². The third-order valence-electron chi connectivity index (χ3n) is 3.73. The molecule has 2 aliphatic heterocycles. The van der Waals surface area contributed by atoms with Crippen molar-refractivity contribution in [1.82, 2.24) is 4.90 Å². The van der Waals surface area contributed by atoms with E-state index < -0.39 is 0 Å². The summed E-state index contributed by atoms with van der Waals surface area (Å²) in [7, 11) is 4.27. The highest BCUT2D eigenvalue weighted by molar-refractivity contribution is 8.00. The Kier molecular flexibility index (Phi) is 4.26. The van der Waals surface area contributed by atoms with E-state index in [2.05, 4.69) is 14.1 Å². The Bertz CT molecular complexity index is 536. The number of thioether (sulfide) groups is 1. The van der Waals surface area contributed by atoms with Crippen LogP contribution in [0.3, 0.4) is 0 Å². The average molecular weight is 309 g/mol. The molecule has 3 rings (SSSR count). The van der Waals surface area contributed by atoms with Crippen LogP contribution in [-0.2, 0) is 4.79 Å².